The zero-order valence-electron chi connectivity index (χ0n) is 12.8. The number of unbranched alkanes of at least 4 members (excludes halogenated alkanes) is 3. The summed E-state index contributed by atoms with van der Waals surface area (Å²) in [5.74, 6) is 1.00. The molecule has 1 aromatic carbocycles. The molecule has 0 amide bonds. The van der Waals surface area contributed by atoms with Gasteiger partial charge in [-0.3, -0.25) is 0 Å². The monoisotopic (exact) mass is 263 g/mol. The fourth-order valence-corrected chi connectivity index (χ4v) is 2.23. The van der Waals surface area contributed by atoms with Crippen LogP contribution >= 0.6 is 0 Å². The van der Waals surface area contributed by atoms with Crippen LogP contribution in [0.4, 0.5) is 0 Å². The molecule has 0 saturated carbocycles. The second-order valence-electron chi connectivity index (χ2n) is 5.11. The van der Waals surface area contributed by atoms with Crippen LogP contribution in [0.5, 0.6) is 5.75 Å². The first-order valence-corrected chi connectivity index (χ1v) is 7.68. The highest BCUT2D eigenvalue weighted by molar-refractivity contribution is 5.27. The van der Waals surface area contributed by atoms with Gasteiger partial charge in [-0.05, 0) is 57.1 Å². The van der Waals surface area contributed by atoms with Crippen LogP contribution in [0.2, 0.25) is 0 Å². The van der Waals surface area contributed by atoms with E-state index < -0.39 is 0 Å². The molecule has 2 nitrogen and oxygen atoms in total. The molecule has 0 spiro atoms. The van der Waals surface area contributed by atoms with Crippen molar-refractivity contribution in [3.05, 3.63) is 29.8 Å². The molecule has 0 aromatic heterocycles. The predicted octanol–water partition coefficient (Wildman–Crippen LogP) is 4.28. The molecule has 108 valence electrons. The fraction of sp³-hybridized carbons (Fsp3) is 0.647. The maximum absolute atomic E-state index is 5.75. The molecule has 0 saturated heterocycles. The summed E-state index contributed by atoms with van der Waals surface area (Å²) in [5, 5.41) is 0. The van der Waals surface area contributed by atoms with Crippen LogP contribution in [-0.4, -0.2) is 31.1 Å². The Bertz CT molecular complexity index is 334. The van der Waals surface area contributed by atoms with E-state index in [9.17, 15) is 0 Å². The number of hydrogen-bond acceptors (Lipinski definition) is 2. The van der Waals surface area contributed by atoms with E-state index in [4.69, 9.17) is 4.74 Å². The first kappa shape index (κ1) is 16.0. The van der Waals surface area contributed by atoms with Crippen LogP contribution in [0.15, 0.2) is 24.3 Å². The van der Waals surface area contributed by atoms with Crippen molar-refractivity contribution < 1.29 is 4.74 Å². The Kier molecular flexibility index (Phi) is 8.31. The van der Waals surface area contributed by atoms with E-state index in [2.05, 4.69) is 43.9 Å². The number of rotatable bonds is 10. The molecule has 2 heteroatoms. The van der Waals surface area contributed by atoms with E-state index in [0.29, 0.717) is 0 Å². The number of ether oxygens (including phenoxy) is 1. The molecule has 1 rings (SSSR count). The lowest BCUT2D eigenvalue weighted by molar-refractivity contribution is 0.284. The molecule has 0 aliphatic carbocycles. The molecule has 0 aliphatic heterocycles. The third-order valence-electron chi connectivity index (χ3n) is 3.52. The van der Waals surface area contributed by atoms with Gasteiger partial charge < -0.3 is 9.64 Å². The second-order valence-corrected chi connectivity index (χ2v) is 5.11. The van der Waals surface area contributed by atoms with Crippen molar-refractivity contribution in [1.29, 1.82) is 0 Å². The molecule has 0 heterocycles. The Labute approximate surface area is 118 Å². The summed E-state index contributed by atoms with van der Waals surface area (Å²) in [4.78, 5) is 2.49. The van der Waals surface area contributed by atoms with Crippen LogP contribution in [0.25, 0.3) is 0 Å². The molecule has 0 aliphatic rings. The van der Waals surface area contributed by atoms with Crippen LogP contribution in [0.1, 0.15) is 45.1 Å². The van der Waals surface area contributed by atoms with Gasteiger partial charge in [0.15, 0.2) is 0 Å². The lowest BCUT2D eigenvalue weighted by atomic mass is 10.2. The maximum Gasteiger partial charge on any atom is 0.119 e. The average Bonchev–Trinajstić information content (AvgIpc) is 2.42. The zero-order valence-corrected chi connectivity index (χ0v) is 12.8. The van der Waals surface area contributed by atoms with Gasteiger partial charge in [0.25, 0.3) is 0 Å². The summed E-state index contributed by atoms with van der Waals surface area (Å²) >= 11 is 0. The normalized spacial score (nSPS) is 10.9. The molecule has 0 unspecified atom stereocenters. The van der Waals surface area contributed by atoms with Crippen LogP contribution < -0.4 is 4.74 Å². The third-order valence-corrected chi connectivity index (χ3v) is 3.52. The molecule has 0 atom stereocenters. The minimum Gasteiger partial charge on any atom is -0.494 e. The topological polar surface area (TPSA) is 12.5 Å². The second kappa shape index (κ2) is 9.85. The zero-order chi connectivity index (χ0) is 13.9. The standard InChI is InChI=1S/C17H29NO/c1-4-18(5-2)13-8-6-7-9-14-19-17-12-10-11-16(3)15-17/h10-12,15H,4-9,13-14H2,1-3H3. The highest BCUT2D eigenvalue weighted by Gasteiger charge is 1.98. The van der Waals surface area contributed by atoms with E-state index in [1.165, 1.54) is 44.5 Å². The Morgan fingerprint density at radius 1 is 1.00 bits per heavy atom. The molecule has 19 heavy (non-hydrogen) atoms. The number of hydrogen-bond donors (Lipinski definition) is 0. The highest BCUT2D eigenvalue weighted by Crippen LogP contribution is 2.13. The molecule has 0 bridgehead atoms. The van der Waals surface area contributed by atoms with Crippen molar-refractivity contribution in [2.45, 2.75) is 46.5 Å². The van der Waals surface area contributed by atoms with Gasteiger partial charge in [0.1, 0.15) is 5.75 Å². The largest absolute Gasteiger partial charge is 0.494 e. The van der Waals surface area contributed by atoms with Gasteiger partial charge >= 0.3 is 0 Å². The number of benzene rings is 1. The maximum atomic E-state index is 5.75. The van der Waals surface area contributed by atoms with Gasteiger partial charge in [0.2, 0.25) is 0 Å². The van der Waals surface area contributed by atoms with Gasteiger partial charge in [-0.25, -0.2) is 0 Å². The molecule has 0 N–H and O–H groups in total. The lowest BCUT2D eigenvalue weighted by Crippen LogP contribution is -2.23. The van der Waals surface area contributed by atoms with Crippen molar-refractivity contribution in [3.63, 3.8) is 0 Å². The van der Waals surface area contributed by atoms with Crippen molar-refractivity contribution in [1.82, 2.24) is 4.90 Å². The van der Waals surface area contributed by atoms with Crippen molar-refractivity contribution in [3.8, 4) is 5.75 Å². The van der Waals surface area contributed by atoms with E-state index in [-0.39, 0.29) is 0 Å². The summed E-state index contributed by atoms with van der Waals surface area (Å²) in [5.41, 5.74) is 1.26. The van der Waals surface area contributed by atoms with Crippen LogP contribution in [-0.2, 0) is 0 Å². The van der Waals surface area contributed by atoms with Gasteiger partial charge in [0.05, 0.1) is 6.61 Å². The minimum absolute atomic E-state index is 0.842. The summed E-state index contributed by atoms with van der Waals surface area (Å²) in [6.07, 6.45) is 5.05. The number of nitrogens with zero attached hydrogens (tertiary/aromatic N) is 1. The smallest absolute Gasteiger partial charge is 0.119 e. The summed E-state index contributed by atoms with van der Waals surface area (Å²) < 4.78 is 5.75. The van der Waals surface area contributed by atoms with E-state index >= 15 is 0 Å². The van der Waals surface area contributed by atoms with Gasteiger partial charge in [-0.1, -0.05) is 38.8 Å². The number of aryl methyl sites for hydroxylation is 1. The molecule has 1 aromatic rings. The summed E-state index contributed by atoms with van der Waals surface area (Å²) in [6.45, 7) is 11.0. The molecule has 0 fully saturated rings. The first-order valence-electron chi connectivity index (χ1n) is 7.68. The van der Waals surface area contributed by atoms with Crippen LogP contribution in [0.3, 0.4) is 0 Å². The van der Waals surface area contributed by atoms with Crippen molar-refractivity contribution >= 4 is 0 Å². The first-order chi connectivity index (χ1) is 9.26. The SMILES string of the molecule is CCN(CC)CCCCCCOc1cccc(C)c1. The Hall–Kier alpha value is -1.02. The van der Waals surface area contributed by atoms with E-state index in [0.717, 1.165) is 18.8 Å². The Morgan fingerprint density at radius 2 is 1.74 bits per heavy atom. The van der Waals surface area contributed by atoms with E-state index in [1.807, 2.05) is 6.07 Å². The average molecular weight is 263 g/mol. The minimum atomic E-state index is 0.842. The Balaban J connectivity index is 1.99. The van der Waals surface area contributed by atoms with Gasteiger partial charge in [0, 0.05) is 0 Å². The predicted molar refractivity (Wildman–Crippen MR) is 82.9 cm³/mol. The summed E-state index contributed by atoms with van der Waals surface area (Å²) in [7, 11) is 0. The highest BCUT2D eigenvalue weighted by atomic mass is 16.5. The quantitative estimate of drug-likeness (QED) is 0.584. The van der Waals surface area contributed by atoms with Gasteiger partial charge in [-0.15, -0.1) is 0 Å². The van der Waals surface area contributed by atoms with Gasteiger partial charge in [-0.2, -0.15) is 0 Å². The summed E-state index contributed by atoms with van der Waals surface area (Å²) in [6, 6.07) is 8.28. The lowest BCUT2D eigenvalue weighted by Gasteiger charge is -2.17. The molecule has 0 radical (unpaired) electrons. The third kappa shape index (κ3) is 7.22. The Morgan fingerprint density at radius 3 is 2.42 bits per heavy atom. The molecular formula is C17H29NO. The molecular weight excluding hydrogens is 234 g/mol. The van der Waals surface area contributed by atoms with Crippen molar-refractivity contribution in [2.75, 3.05) is 26.2 Å². The van der Waals surface area contributed by atoms with Crippen molar-refractivity contribution in [2.24, 2.45) is 0 Å². The van der Waals surface area contributed by atoms with E-state index in [1.54, 1.807) is 0 Å². The van der Waals surface area contributed by atoms with Crippen LogP contribution in [0, 0.1) is 6.92 Å². The fourth-order valence-electron chi connectivity index (χ4n) is 2.23.